The largest absolute Gasteiger partial charge is 0.427 e. The van der Waals surface area contributed by atoms with Crippen molar-refractivity contribution in [3.8, 4) is 0 Å². The molecule has 0 aromatic rings. The van der Waals surface area contributed by atoms with Crippen LogP contribution in [0.3, 0.4) is 0 Å². The van der Waals surface area contributed by atoms with E-state index in [1.54, 1.807) is 0 Å². The van der Waals surface area contributed by atoms with Crippen molar-refractivity contribution >= 4 is 0 Å². The first kappa shape index (κ1) is 23.7. The number of ether oxygens (including phenoxy) is 3. The van der Waals surface area contributed by atoms with Crippen molar-refractivity contribution in [3.05, 3.63) is 0 Å². The quantitative estimate of drug-likeness (QED) is 0.229. The zero-order valence-electron chi connectivity index (χ0n) is 17.6. The van der Waals surface area contributed by atoms with Gasteiger partial charge in [-0.1, -0.05) is 0 Å². The standard InChI is InChI=1S/C21H36O10/c22-8-16-17(26)18(27)19(28)21(31-16)30-15-6-11(24)5-14-12(15)7-13(25)20(29-14)9-1-3-10(23)4-2-9/h9-28H,1-8H2/p+1/t9?,10?,11?,12?,13?,14?,15?,16-,17+,18+,19-,20?,21+/m1/s1. The molecular formula is C21H37O10+. The van der Waals surface area contributed by atoms with Gasteiger partial charge in [-0.25, -0.2) is 0 Å². The van der Waals surface area contributed by atoms with Crippen molar-refractivity contribution in [1.29, 1.82) is 0 Å². The van der Waals surface area contributed by atoms with Crippen LogP contribution in [0.4, 0.5) is 0 Å². The molecule has 2 heterocycles. The van der Waals surface area contributed by atoms with Gasteiger partial charge in [0.1, 0.15) is 30.5 Å². The highest BCUT2D eigenvalue weighted by atomic mass is 16.7. The lowest BCUT2D eigenvalue weighted by Gasteiger charge is -2.48. The average Bonchev–Trinajstić information content (AvgIpc) is 2.75. The summed E-state index contributed by atoms with van der Waals surface area (Å²) in [6.07, 6.45) is -5.22. The predicted octanol–water partition coefficient (Wildman–Crippen LogP) is -2.48. The van der Waals surface area contributed by atoms with Gasteiger partial charge >= 0.3 is 0 Å². The third kappa shape index (κ3) is 4.93. The second-order valence-electron chi connectivity index (χ2n) is 9.74. The van der Waals surface area contributed by atoms with Gasteiger partial charge in [-0.2, -0.15) is 0 Å². The van der Waals surface area contributed by atoms with E-state index in [0.717, 1.165) is 12.8 Å². The minimum Gasteiger partial charge on any atom is -0.427 e. The lowest BCUT2D eigenvalue weighted by molar-refractivity contribution is -0.341. The van der Waals surface area contributed by atoms with Crippen LogP contribution < -0.4 is 0 Å². The Morgan fingerprint density at radius 1 is 0.806 bits per heavy atom. The Kier molecular flexibility index (Phi) is 7.54. The number of aliphatic hydroxyl groups excluding tert-OH is 7. The summed E-state index contributed by atoms with van der Waals surface area (Å²) in [6.45, 7) is -0.546. The second kappa shape index (κ2) is 9.84. The van der Waals surface area contributed by atoms with Crippen LogP contribution in [0.25, 0.3) is 0 Å². The lowest BCUT2D eigenvalue weighted by atomic mass is 9.73. The molecule has 0 amide bonds. The van der Waals surface area contributed by atoms with Crippen LogP contribution in [0.2, 0.25) is 0 Å². The fraction of sp³-hybridized carbons (Fsp3) is 1.00. The van der Waals surface area contributed by atoms with Gasteiger partial charge in [0.25, 0.3) is 0 Å². The van der Waals surface area contributed by atoms with Gasteiger partial charge in [0.05, 0.1) is 30.8 Å². The first-order chi connectivity index (χ1) is 14.8. The van der Waals surface area contributed by atoms with Gasteiger partial charge in [0, 0.05) is 18.8 Å². The van der Waals surface area contributed by atoms with Crippen molar-refractivity contribution < 1.29 is 50.0 Å². The molecule has 31 heavy (non-hydrogen) atoms. The van der Waals surface area contributed by atoms with Gasteiger partial charge in [0.2, 0.25) is 0 Å². The van der Waals surface area contributed by atoms with Gasteiger partial charge in [0.15, 0.2) is 18.5 Å². The smallest absolute Gasteiger partial charge is 0.186 e. The summed E-state index contributed by atoms with van der Waals surface area (Å²) in [4.78, 5) is 0. The number of hydrogen-bond acceptors (Lipinski definition) is 9. The molecular weight excluding hydrogens is 412 g/mol. The van der Waals surface area contributed by atoms with E-state index in [0.29, 0.717) is 25.7 Å². The van der Waals surface area contributed by atoms with Gasteiger partial charge in [-0.3, -0.25) is 0 Å². The van der Waals surface area contributed by atoms with E-state index in [2.05, 4.69) is 0 Å². The molecule has 10 nitrogen and oxygen atoms in total. The summed E-state index contributed by atoms with van der Waals surface area (Å²) >= 11 is 0. The van der Waals surface area contributed by atoms with Crippen LogP contribution in [0.5, 0.6) is 0 Å². The molecule has 2 aliphatic heterocycles. The molecule has 2 saturated carbocycles. The molecule has 2 saturated heterocycles. The summed E-state index contributed by atoms with van der Waals surface area (Å²) < 4.78 is 16.3. The molecule has 180 valence electrons. The van der Waals surface area contributed by atoms with Crippen molar-refractivity contribution in [3.63, 3.8) is 0 Å². The molecule has 0 aromatic carbocycles. The molecule has 2 aliphatic carbocycles. The average molecular weight is 450 g/mol. The molecule has 0 bridgehead atoms. The molecule has 10 heteroatoms. The Morgan fingerprint density at radius 3 is 2.19 bits per heavy atom. The highest BCUT2D eigenvalue weighted by molar-refractivity contribution is 4.97. The zero-order valence-corrected chi connectivity index (χ0v) is 17.6. The predicted molar refractivity (Wildman–Crippen MR) is 106 cm³/mol. The Bertz CT molecular complexity index is 583. The van der Waals surface area contributed by atoms with E-state index < -0.39 is 55.6 Å². The Labute approximate surface area is 181 Å². The number of hydrogen-bond donors (Lipinski definition) is 7. The molecule has 0 spiro atoms. The van der Waals surface area contributed by atoms with Gasteiger partial charge in [-0.05, 0) is 32.1 Å². The SMILES string of the molecule is OC[C@H]1O[C@H](OC2CC(O)CC3[OH+]C(C4CCC(O)CC4)C(O)CC23)[C@H](O)[C@@H](O)[C@H]1O. The highest BCUT2D eigenvalue weighted by Crippen LogP contribution is 2.41. The van der Waals surface area contributed by atoms with E-state index in [1.807, 2.05) is 0 Å². The third-order valence-corrected chi connectivity index (χ3v) is 7.64. The van der Waals surface area contributed by atoms with E-state index in [1.165, 1.54) is 0 Å². The fourth-order valence-corrected chi connectivity index (χ4v) is 5.85. The molecule has 0 radical (unpaired) electrons. The zero-order chi connectivity index (χ0) is 22.3. The number of rotatable bonds is 4. The molecule has 4 aliphatic rings. The first-order valence-corrected chi connectivity index (χ1v) is 11.5. The van der Waals surface area contributed by atoms with Gasteiger partial charge in [-0.15, -0.1) is 0 Å². The van der Waals surface area contributed by atoms with E-state index in [9.17, 15) is 35.7 Å². The highest BCUT2D eigenvalue weighted by Gasteiger charge is 2.53. The number of aliphatic hydroxyl groups is 9. The normalized spacial score (nSPS) is 53.7. The minimum atomic E-state index is -1.53. The maximum absolute atomic E-state index is 10.9. The lowest BCUT2D eigenvalue weighted by Crippen LogP contribution is -2.62. The summed E-state index contributed by atoms with van der Waals surface area (Å²) in [5.74, 6) is 0.0273. The monoisotopic (exact) mass is 449 g/mol. The van der Waals surface area contributed by atoms with Crippen molar-refractivity contribution in [1.82, 2.24) is 0 Å². The first-order valence-electron chi connectivity index (χ1n) is 11.5. The third-order valence-electron chi connectivity index (χ3n) is 7.64. The topological polar surface area (TPSA) is 173 Å². The van der Waals surface area contributed by atoms with Crippen LogP contribution in [-0.2, 0) is 9.47 Å². The van der Waals surface area contributed by atoms with E-state index in [-0.39, 0.29) is 36.6 Å². The van der Waals surface area contributed by atoms with Crippen LogP contribution in [0, 0.1) is 11.8 Å². The summed E-state index contributed by atoms with van der Waals surface area (Å²) in [6, 6.07) is 0. The van der Waals surface area contributed by atoms with E-state index >= 15 is 0 Å². The molecule has 4 rings (SSSR count). The molecule has 11 atom stereocenters. The maximum atomic E-state index is 10.9. The molecule has 6 unspecified atom stereocenters. The molecule has 8 N–H and O–H groups in total. The summed E-state index contributed by atoms with van der Waals surface area (Å²) in [5.41, 5.74) is 0. The van der Waals surface area contributed by atoms with Crippen molar-refractivity contribution in [2.24, 2.45) is 11.8 Å². The Balaban J connectivity index is 1.43. The Hall–Kier alpha value is -0.400. The van der Waals surface area contributed by atoms with Crippen LogP contribution >= 0.6 is 0 Å². The van der Waals surface area contributed by atoms with Crippen LogP contribution in [0.15, 0.2) is 0 Å². The fourth-order valence-electron chi connectivity index (χ4n) is 5.85. The molecule has 0 aromatic heterocycles. The maximum Gasteiger partial charge on any atom is 0.186 e. The van der Waals surface area contributed by atoms with Crippen molar-refractivity contribution in [2.75, 3.05) is 6.61 Å². The second-order valence-corrected chi connectivity index (χ2v) is 9.74. The minimum absolute atomic E-state index is 0.184. The summed E-state index contributed by atoms with van der Waals surface area (Å²) in [5, 5.41) is 70.7. The number of fused-ring (bicyclic) bond motifs is 1. The molecule has 4 fully saturated rings. The van der Waals surface area contributed by atoms with Crippen LogP contribution in [0.1, 0.15) is 44.9 Å². The van der Waals surface area contributed by atoms with Crippen molar-refractivity contribution in [2.45, 2.75) is 112 Å². The van der Waals surface area contributed by atoms with E-state index in [4.69, 9.17) is 14.2 Å². The summed E-state index contributed by atoms with van der Waals surface area (Å²) in [7, 11) is 0. The van der Waals surface area contributed by atoms with Crippen LogP contribution in [-0.4, -0.2) is 114 Å². The van der Waals surface area contributed by atoms with Gasteiger partial charge < -0.3 is 50.0 Å². The Morgan fingerprint density at radius 2 is 1.52 bits per heavy atom.